The van der Waals surface area contributed by atoms with Crippen molar-refractivity contribution in [1.29, 1.82) is 0 Å². The predicted molar refractivity (Wildman–Crippen MR) is 98.5 cm³/mol. The van der Waals surface area contributed by atoms with Crippen LogP contribution >= 0.6 is 11.3 Å². The second-order valence-corrected chi connectivity index (χ2v) is 7.62. The molecule has 0 bridgehead atoms. The maximum Gasteiger partial charge on any atom is 0.261 e. The summed E-state index contributed by atoms with van der Waals surface area (Å²) in [4.78, 5) is 14.1. The van der Waals surface area contributed by atoms with Crippen LogP contribution in [0.4, 0.5) is 4.39 Å². The van der Waals surface area contributed by atoms with Crippen molar-refractivity contribution in [3.8, 4) is 10.4 Å². The highest BCUT2D eigenvalue weighted by Gasteiger charge is 2.32. The van der Waals surface area contributed by atoms with Crippen LogP contribution in [0.1, 0.15) is 22.5 Å². The molecule has 2 heterocycles. The zero-order valence-electron chi connectivity index (χ0n) is 14.3. The average Bonchev–Trinajstić information content (AvgIpc) is 3.12. The van der Waals surface area contributed by atoms with Gasteiger partial charge < -0.3 is 15.4 Å². The fourth-order valence-electron chi connectivity index (χ4n) is 3.22. The molecule has 1 aliphatic rings. The molecule has 1 aromatic carbocycles. The first-order valence-electron chi connectivity index (χ1n) is 8.46. The van der Waals surface area contributed by atoms with E-state index in [1.807, 2.05) is 12.1 Å². The van der Waals surface area contributed by atoms with Gasteiger partial charge in [0.15, 0.2) is 0 Å². The number of carbonyl (C=O) groups is 1. The summed E-state index contributed by atoms with van der Waals surface area (Å²) in [5, 5.41) is 6.42. The number of amides is 1. The fourth-order valence-corrected chi connectivity index (χ4v) is 4.15. The molecule has 0 unspecified atom stereocenters. The zero-order chi connectivity index (χ0) is 17.7. The summed E-state index contributed by atoms with van der Waals surface area (Å²) in [6.45, 7) is 3.17. The number of methoxy groups -OCH3 is 1. The first-order chi connectivity index (χ1) is 12.1. The van der Waals surface area contributed by atoms with E-state index in [2.05, 4.69) is 10.6 Å². The number of ether oxygens (including phenoxy) is 1. The highest BCUT2D eigenvalue weighted by atomic mass is 32.1. The smallest absolute Gasteiger partial charge is 0.261 e. The fraction of sp³-hybridized carbons (Fsp3) is 0.421. The Hall–Kier alpha value is -1.76. The Morgan fingerprint density at radius 1 is 1.24 bits per heavy atom. The van der Waals surface area contributed by atoms with Crippen molar-refractivity contribution in [2.24, 2.45) is 5.41 Å². The van der Waals surface area contributed by atoms with Gasteiger partial charge in [-0.15, -0.1) is 11.3 Å². The summed E-state index contributed by atoms with van der Waals surface area (Å²) in [5.41, 5.74) is 0.923. The molecule has 2 aromatic rings. The first kappa shape index (κ1) is 18.0. The Kier molecular flexibility index (Phi) is 5.83. The molecule has 4 nitrogen and oxygen atoms in total. The topological polar surface area (TPSA) is 50.4 Å². The molecule has 1 aromatic heterocycles. The van der Waals surface area contributed by atoms with E-state index in [9.17, 15) is 9.18 Å². The largest absolute Gasteiger partial charge is 0.384 e. The minimum Gasteiger partial charge on any atom is -0.384 e. The van der Waals surface area contributed by atoms with Crippen LogP contribution in [0, 0.1) is 11.2 Å². The Balaban J connectivity index is 1.64. The van der Waals surface area contributed by atoms with E-state index in [1.54, 1.807) is 19.2 Å². The maximum atomic E-state index is 13.0. The van der Waals surface area contributed by atoms with E-state index < -0.39 is 0 Å². The molecule has 0 aliphatic carbocycles. The number of carbonyl (C=O) groups excluding carboxylic acids is 1. The Morgan fingerprint density at radius 2 is 1.96 bits per heavy atom. The standard InChI is InChI=1S/C19H23FN2O2S/c1-24-13-19(8-10-21-11-9-19)12-22-18(23)17-7-6-16(25-17)14-2-4-15(20)5-3-14/h2-7,21H,8-13H2,1H3,(H,22,23). The third-order valence-corrected chi connectivity index (χ3v) is 5.83. The monoisotopic (exact) mass is 362 g/mol. The van der Waals surface area contributed by atoms with Gasteiger partial charge in [-0.3, -0.25) is 4.79 Å². The van der Waals surface area contributed by atoms with Gasteiger partial charge in [-0.2, -0.15) is 0 Å². The van der Waals surface area contributed by atoms with Crippen LogP contribution < -0.4 is 10.6 Å². The SMILES string of the molecule is COCC1(CNC(=O)c2ccc(-c3ccc(F)cc3)s2)CCNCC1. The molecule has 2 N–H and O–H groups in total. The highest BCUT2D eigenvalue weighted by molar-refractivity contribution is 7.17. The van der Waals surface area contributed by atoms with Crippen molar-refractivity contribution in [1.82, 2.24) is 10.6 Å². The third-order valence-electron chi connectivity index (χ3n) is 4.70. The number of benzene rings is 1. The van der Waals surface area contributed by atoms with E-state index in [1.165, 1.54) is 23.5 Å². The molecular weight excluding hydrogens is 339 g/mol. The van der Waals surface area contributed by atoms with E-state index >= 15 is 0 Å². The van der Waals surface area contributed by atoms with Crippen molar-refractivity contribution in [3.05, 3.63) is 47.1 Å². The van der Waals surface area contributed by atoms with Crippen LogP contribution in [0.15, 0.2) is 36.4 Å². The first-order valence-corrected chi connectivity index (χ1v) is 9.27. The zero-order valence-corrected chi connectivity index (χ0v) is 15.1. The quantitative estimate of drug-likeness (QED) is 0.829. The van der Waals surface area contributed by atoms with Gasteiger partial charge in [0.25, 0.3) is 5.91 Å². The van der Waals surface area contributed by atoms with E-state index in [0.717, 1.165) is 36.4 Å². The number of piperidine rings is 1. The molecule has 0 spiro atoms. The van der Waals surface area contributed by atoms with Crippen molar-refractivity contribution >= 4 is 17.2 Å². The van der Waals surface area contributed by atoms with Crippen LogP contribution in [-0.2, 0) is 4.74 Å². The van der Waals surface area contributed by atoms with Gasteiger partial charge in [-0.05, 0) is 55.8 Å². The van der Waals surface area contributed by atoms with Gasteiger partial charge in [-0.1, -0.05) is 12.1 Å². The lowest BCUT2D eigenvalue weighted by Crippen LogP contribution is -2.47. The molecule has 1 fully saturated rings. The Bertz CT molecular complexity index is 703. The van der Waals surface area contributed by atoms with Crippen LogP contribution in [0.2, 0.25) is 0 Å². The molecule has 0 radical (unpaired) electrons. The maximum absolute atomic E-state index is 13.0. The minimum atomic E-state index is -0.260. The van der Waals surface area contributed by atoms with E-state index in [-0.39, 0.29) is 17.1 Å². The Labute approximate surface area is 151 Å². The lowest BCUT2D eigenvalue weighted by atomic mass is 9.79. The number of nitrogens with one attached hydrogen (secondary N) is 2. The highest BCUT2D eigenvalue weighted by Crippen LogP contribution is 2.30. The molecule has 25 heavy (non-hydrogen) atoms. The molecular formula is C19H23FN2O2S. The molecule has 0 saturated carbocycles. The normalized spacial score (nSPS) is 16.6. The second kappa shape index (κ2) is 8.08. The molecule has 1 aliphatic heterocycles. The van der Waals surface area contributed by atoms with Crippen LogP contribution in [-0.4, -0.2) is 39.3 Å². The predicted octanol–water partition coefficient (Wildman–Crippen LogP) is 3.30. The van der Waals surface area contributed by atoms with Crippen LogP contribution in [0.5, 0.6) is 0 Å². The molecule has 1 saturated heterocycles. The Morgan fingerprint density at radius 3 is 2.64 bits per heavy atom. The number of rotatable bonds is 6. The van der Waals surface area contributed by atoms with Crippen molar-refractivity contribution in [2.75, 3.05) is 33.4 Å². The molecule has 3 rings (SSSR count). The molecule has 6 heteroatoms. The summed E-state index contributed by atoms with van der Waals surface area (Å²) in [7, 11) is 1.71. The van der Waals surface area contributed by atoms with Gasteiger partial charge in [-0.25, -0.2) is 4.39 Å². The summed E-state index contributed by atoms with van der Waals surface area (Å²) in [6.07, 6.45) is 1.98. The number of hydrogen-bond acceptors (Lipinski definition) is 4. The number of thiophene rings is 1. The lowest BCUT2D eigenvalue weighted by molar-refractivity contribution is 0.0512. The van der Waals surface area contributed by atoms with Crippen molar-refractivity contribution in [3.63, 3.8) is 0 Å². The van der Waals surface area contributed by atoms with Gasteiger partial charge in [0, 0.05) is 23.9 Å². The van der Waals surface area contributed by atoms with E-state index in [0.29, 0.717) is 18.0 Å². The van der Waals surface area contributed by atoms with Crippen molar-refractivity contribution < 1.29 is 13.9 Å². The second-order valence-electron chi connectivity index (χ2n) is 6.54. The van der Waals surface area contributed by atoms with Gasteiger partial charge in [0.05, 0.1) is 11.5 Å². The number of hydrogen-bond donors (Lipinski definition) is 2. The van der Waals surface area contributed by atoms with E-state index in [4.69, 9.17) is 4.74 Å². The molecule has 1 amide bonds. The van der Waals surface area contributed by atoms with Crippen LogP contribution in [0.3, 0.4) is 0 Å². The summed E-state index contributed by atoms with van der Waals surface area (Å²) in [5.74, 6) is -0.323. The van der Waals surface area contributed by atoms with Crippen LogP contribution in [0.25, 0.3) is 10.4 Å². The third kappa shape index (κ3) is 4.45. The lowest BCUT2D eigenvalue weighted by Gasteiger charge is -2.37. The van der Waals surface area contributed by atoms with Gasteiger partial charge in [0.1, 0.15) is 5.82 Å². The summed E-state index contributed by atoms with van der Waals surface area (Å²) >= 11 is 1.42. The number of halogens is 1. The van der Waals surface area contributed by atoms with Crippen molar-refractivity contribution in [2.45, 2.75) is 12.8 Å². The molecule has 134 valence electrons. The average molecular weight is 362 g/mol. The minimum absolute atomic E-state index is 0.00665. The van der Waals surface area contributed by atoms with Gasteiger partial charge >= 0.3 is 0 Å². The summed E-state index contributed by atoms with van der Waals surface area (Å²) < 4.78 is 18.4. The summed E-state index contributed by atoms with van der Waals surface area (Å²) in [6, 6.07) is 10.0. The van der Waals surface area contributed by atoms with Gasteiger partial charge in [0.2, 0.25) is 0 Å². The molecule has 0 atom stereocenters.